The summed E-state index contributed by atoms with van der Waals surface area (Å²) in [6.07, 6.45) is 0.209. The molecule has 0 unspecified atom stereocenters. The lowest BCUT2D eigenvalue weighted by atomic mass is 10.3. The van der Waals surface area contributed by atoms with E-state index >= 15 is 0 Å². The topological polar surface area (TPSA) is 55.4 Å². The third-order valence-corrected chi connectivity index (χ3v) is 1.14. The van der Waals surface area contributed by atoms with Gasteiger partial charge < -0.3 is 10.1 Å². The summed E-state index contributed by atoms with van der Waals surface area (Å²) >= 11 is 5.03. The molecule has 0 fully saturated rings. The van der Waals surface area contributed by atoms with E-state index in [2.05, 4.69) is 10.1 Å². The number of halogens is 1. The molecule has 1 N–H and O–H groups in total. The zero-order valence-electron chi connectivity index (χ0n) is 6.22. The number of alkyl carbamates (subject to hydrolysis) is 1. The molecule has 0 aromatic heterocycles. The molecule has 0 aromatic carbocycles. The Bertz CT molecular complexity index is 149. The largest absolute Gasteiger partial charge is 0.450 e. The van der Waals surface area contributed by atoms with Gasteiger partial charge in [-0.1, -0.05) is 0 Å². The number of hydrogen-bond acceptors (Lipinski definition) is 3. The molecule has 0 saturated carbocycles. The van der Waals surface area contributed by atoms with Gasteiger partial charge in [-0.2, -0.15) is 0 Å². The first-order chi connectivity index (χ1) is 5.16. The highest BCUT2D eigenvalue weighted by molar-refractivity contribution is 6.63. The Kier molecular flexibility index (Phi) is 5.56. The maximum absolute atomic E-state index is 10.4. The number of ether oxygens (including phenoxy) is 1. The summed E-state index contributed by atoms with van der Waals surface area (Å²) in [5.41, 5.74) is 0. The van der Waals surface area contributed by atoms with Crippen LogP contribution in [0.2, 0.25) is 0 Å². The Morgan fingerprint density at radius 3 is 2.64 bits per heavy atom. The van der Waals surface area contributed by atoms with E-state index in [1.807, 2.05) is 0 Å². The van der Waals surface area contributed by atoms with E-state index in [9.17, 15) is 9.59 Å². The van der Waals surface area contributed by atoms with E-state index < -0.39 is 11.3 Å². The minimum absolute atomic E-state index is 0.220. The zero-order valence-corrected chi connectivity index (χ0v) is 6.98. The smallest absolute Gasteiger partial charge is 0.406 e. The van der Waals surface area contributed by atoms with Crippen molar-refractivity contribution in [3.63, 3.8) is 0 Å². The lowest BCUT2D eigenvalue weighted by Crippen LogP contribution is -2.19. The van der Waals surface area contributed by atoms with Gasteiger partial charge in [0.1, 0.15) is 0 Å². The second-order valence-corrected chi connectivity index (χ2v) is 2.27. The molecule has 1 amide bonds. The van der Waals surface area contributed by atoms with Crippen LogP contribution in [0.3, 0.4) is 0 Å². The standard InChI is InChI=1S/C6H10ClNO3/c1-8-6(10)11-4-2-3-5(7)9/h2-4H2,1H3,(H,8,10). The van der Waals surface area contributed by atoms with Crippen molar-refractivity contribution in [3.8, 4) is 0 Å². The predicted octanol–water partition coefficient (Wildman–Crippen LogP) is 0.888. The fourth-order valence-corrected chi connectivity index (χ4v) is 0.582. The summed E-state index contributed by atoms with van der Waals surface area (Å²) in [4.78, 5) is 20.6. The molecule has 0 aliphatic rings. The Balaban J connectivity index is 3.14. The average Bonchev–Trinajstić information content (AvgIpc) is 1.97. The summed E-state index contributed by atoms with van der Waals surface area (Å²) in [7, 11) is 1.47. The molecule has 0 heterocycles. The first-order valence-electron chi connectivity index (χ1n) is 3.19. The molecule has 64 valence electrons. The van der Waals surface area contributed by atoms with E-state index in [1.165, 1.54) is 7.05 Å². The van der Waals surface area contributed by atoms with Crippen molar-refractivity contribution < 1.29 is 14.3 Å². The van der Waals surface area contributed by atoms with Crippen LogP contribution in [0.1, 0.15) is 12.8 Å². The normalized spacial score (nSPS) is 8.91. The first-order valence-corrected chi connectivity index (χ1v) is 3.57. The van der Waals surface area contributed by atoms with E-state index in [1.54, 1.807) is 0 Å². The van der Waals surface area contributed by atoms with Crippen molar-refractivity contribution >= 4 is 22.9 Å². The van der Waals surface area contributed by atoms with E-state index in [0.717, 1.165) is 0 Å². The molecule has 0 radical (unpaired) electrons. The lowest BCUT2D eigenvalue weighted by Gasteiger charge is -2.00. The first kappa shape index (κ1) is 10.2. The molecule has 0 bridgehead atoms. The molecule has 0 aliphatic heterocycles. The number of carbonyl (C=O) groups excluding carboxylic acids is 2. The van der Waals surface area contributed by atoms with Crippen molar-refractivity contribution in [1.82, 2.24) is 5.32 Å². The van der Waals surface area contributed by atoms with Crippen LogP contribution in [0.5, 0.6) is 0 Å². The van der Waals surface area contributed by atoms with Gasteiger partial charge in [0.2, 0.25) is 5.24 Å². The molecule has 0 atom stereocenters. The van der Waals surface area contributed by atoms with Crippen LogP contribution >= 0.6 is 11.6 Å². The van der Waals surface area contributed by atoms with Crippen LogP contribution in [-0.4, -0.2) is 25.0 Å². The summed E-state index contributed by atoms with van der Waals surface area (Å²) in [5, 5.41) is 1.86. The second-order valence-electron chi connectivity index (χ2n) is 1.84. The maximum Gasteiger partial charge on any atom is 0.406 e. The summed E-state index contributed by atoms with van der Waals surface area (Å²) < 4.78 is 4.58. The molecule has 5 heteroatoms. The minimum atomic E-state index is -0.493. The molecule has 0 aliphatic carbocycles. The van der Waals surface area contributed by atoms with Crippen molar-refractivity contribution in [2.75, 3.05) is 13.7 Å². The molecular formula is C6H10ClNO3. The fraction of sp³-hybridized carbons (Fsp3) is 0.667. The molecular weight excluding hydrogens is 170 g/mol. The van der Waals surface area contributed by atoms with Gasteiger partial charge in [-0.15, -0.1) is 0 Å². The van der Waals surface area contributed by atoms with Gasteiger partial charge in [0, 0.05) is 13.5 Å². The van der Waals surface area contributed by atoms with Gasteiger partial charge in [-0.3, -0.25) is 4.79 Å². The Morgan fingerprint density at radius 1 is 1.55 bits per heavy atom. The average molecular weight is 180 g/mol. The highest BCUT2D eigenvalue weighted by Crippen LogP contribution is 1.94. The van der Waals surface area contributed by atoms with Crippen LogP contribution in [0.25, 0.3) is 0 Å². The van der Waals surface area contributed by atoms with Gasteiger partial charge in [-0.25, -0.2) is 4.79 Å². The van der Waals surface area contributed by atoms with Crippen molar-refractivity contribution in [2.24, 2.45) is 0 Å². The quantitative estimate of drug-likeness (QED) is 0.515. The third kappa shape index (κ3) is 7.12. The summed E-state index contributed by atoms with van der Waals surface area (Å²) in [6.45, 7) is 0.220. The Labute approximate surface area is 69.9 Å². The van der Waals surface area contributed by atoms with Crippen molar-refractivity contribution in [1.29, 1.82) is 0 Å². The number of hydrogen-bond donors (Lipinski definition) is 1. The highest BCUT2D eigenvalue weighted by atomic mass is 35.5. The molecule has 0 saturated heterocycles. The van der Waals surface area contributed by atoms with Gasteiger partial charge in [-0.05, 0) is 18.0 Å². The molecule has 11 heavy (non-hydrogen) atoms. The molecule has 0 aromatic rings. The van der Waals surface area contributed by atoms with Gasteiger partial charge in [0.25, 0.3) is 0 Å². The monoisotopic (exact) mass is 179 g/mol. The van der Waals surface area contributed by atoms with Crippen LogP contribution in [0.15, 0.2) is 0 Å². The van der Waals surface area contributed by atoms with Crippen LogP contribution in [0.4, 0.5) is 4.79 Å². The molecule has 4 nitrogen and oxygen atoms in total. The maximum atomic E-state index is 10.4. The Hall–Kier alpha value is -0.770. The second kappa shape index (κ2) is 5.97. The van der Waals surface area contributed by atoms with Crippen LogP contribution < -0.4 is 5.32 Å². The lowest BCUT2D eigenvalue weighted by molar-refractivity contribution is -0.111. The number of nitrogens with one attached hydrogen (secondary N) is 1. The van der Waals surface area contributed by atoms with Gasteiger partial charge in [0.15, 0.2) is 0 Å². The zero-order chi connectivity index (χ0) is 8.69. The van der Waals surface area contributed by atoms with Crippen molar-refractivity contribution in [2.45, 2.75) is 12.8 Å². The molecule has 0 rings (SSSR count). The van der Waals surface area contributed by atoms with Gasteiger partial charge >= 0.3 is 6.09 Å². The predicted molar refractivity (Wildman–Crippen MR) is 40.5 cm³/mol. The summed E-state index contributed by atoms with van der Waals surface area (Å²) in [5.74, 6) is 0. The highest BCUT2D eigenvalue weighted by Gasteiger charge is 1.98. The summed E-state index contributed by atoms with van der Waals surface area (Å²) in [6, 6.07) is 0. The van der Waals surface area contributed by atoms with Crippen LogP contribution in [-0.2, 0) is 9.53 Å². The van der Waals surface area contributed by atoms with E-state index in [4.69, 9.17) is 11.6 Å². The SMILES string of the molecule is CNC(=O)OCCCC(=O)Cl. The fourth-order valence-electron chi connectivity index (χ4n) is 0.448. The third-order valence-electron chi connectivity index (χ3n) is 0.955. The number of rotatable bonds is 4. The Morgan fingerprint density at radius 2 is 2.18 bits per heavy atom. The minimum Gasteiger partial charge on any atom is -0.450 e. The van der Waals surface area contributed by atoms with Crippen molar-refractivity contribution in [3.05, 3.63) is 0 Å². The van der Waals surface area contributed by atoms with Gasteiger partial charge in [0.05, 0.1) is 6.61 Å². The van der Waals surface area contributed by atoms with Crippen LogP contribution in [0, 0.1) is 0 Å². The molecule has 0 spiro atoms. The van der Waals surface area contributed by atoms with E-state index in [-0.39, 0.29) is 13.0 Å². The number of amides is 1. The number of carbonyl (C=O) groups is 2. The van der Waals surface area contributed by atoms with E-state index in [0.29, 0.717) is 6.42 Å².